The van der Waals surface area contributed by atoms with Gasteiger partial charge in [-0.05, 0) is 37.6 Å². The minimum Gasteiger partial charge on any atom is -0.302 e. The van der Waals surface area contributed by atoms with Crippen LogP contribution in [0.2, 0.25) is 0 Å². The summed E-state index contributed by atoms with van der Waals surface area (Å²) >= 11 is 0. The summed E-state index contributed by atoms with van der Waals surface area (Å²) < 4.78 is 2.25. The number of nitrogens with zero attached hydrogens (tertiary/aromatic N) is 3. The number of likely N-dealkylation sites (tertiary alicyclic amines) is 1. The number of para-hydroxylation sites is 1. The molecule has 1 aromatic heterocycles. The Morgan fingerprint density at radius 3 is 2.84 bits per heavy atom. The first-order valence-electron chi connectivity index (χ1n) is 7.27. The summed E-state index contributed by atoms with van der Waals surface area (Å²) in [5.74, 6) is 0.497. The lowest BCUT2D eigenvalue weighted by atomic mass is 9.96. The summed E-state index contributed by atoms with van der Waals surface area (Å²) in [6.45, 7) is 3.66. The van der Waals surface area contributed by atoms with Gasteiger partial charge < -0.3 is 9.47 Å². The van der Waals surface area contributed by atoms with Crippen LogP contribution in [0.3, 0.4) is 0 Å². The monoisotopic (exact) mass is 253 g/mol. The van der Waals surface area contributed by atoms with Gasteiger partial charge in [-0.15, -0.1) is 0 Å². The molecule has 98 valence electrons. The maximum absolute atomic E-state index is 4.33. The van der Waals surface area contributed by atoms with Crippen LogP contribution in [0.5, 0.6) is 0 Å². The molecular formula is C16H19N3. The number of imidazole rings is 1. The second-order valence-corrected chi connectivity index (χ2v) is 5.66. The first-order chi connectivity index (χ1) is 9.43. The van der Waals surface area contributed by atoms with Crippen molar-refractivity contribution in [2.75, 3.05) is 19.6 Å². The van der Waals surface area contributed by atoms with Crippen molar-refractivity contribution >= 4 is 0 Å². The van der Waals surface area contributed by atoms with Crippen molar-refractivity contribution in [3.05, 3.63) is 48.0 Å². The quantitative estimate of drug-likeness (QED) is 0.820. The molecule has 3 heterocycles. The molecule has 19 heavy (non-hydrogen) atoms. The second-order valence-electron chi connectivity index (χ2n) is 5.66. The lowest BCUT2D eigenvalue weighted by Gasteiger charge is -2.29. The Bertz CT molecular complexity index is 581. The molecule has 0 amide bonds. The molecule has 3 heteroatoms. The molecule has 1 atom stereocenters. The predicted molar refractivity (Wildman–Crippen MR) is 75.7 cm³/mol. The van der Waals surface area contributed by atoms with Crippen LogP contribution in [0.1, 0.15) is 36.4 Å². The second kappa shape index (κ2) is 4.49. The van der Waals surface area contributed by atoms with Gasteiger partial charge >= 0.3 is 0 Å². The van der Waals surface area contributed by atoms with E-state index in [1.54, 1.807) is 0 Å². The third kappa shape index (κ3) is 1.80. The Morgan fingerprint density at radius 2 is 1.95 bits per heavy atom. The molecule has 3 nitrogen and oxygen atoms in total. The molecule has 1 fully saturated rings. The zero-order valence-electron chi connectivity index (χ0n) is 11.1. The standard InChI is InChI=1S/C16H19N3/c1-4-8-18(9-5-1)11-14-13-6-2-3-7-15(13)19-12-17-10-16(14)19/h2-3,6-7,10,12,14H,1,4-5,8-9,11H2. The minimum atomic E-state index is 0.497. The van der Waals surface area contributed by atoms with Crippen molar-refractivity contribution in [3.63, 3.8) is 0 Å². The van der Waals surface area contributed by atoms with Crippen molar-refractivity contribution in [3.8, 4) is 5.69 Å². The first-order valence-corrected chi connectivity index (χ1v) is 7.27. The van der Waals surface area contributed by atoms with Crippen LogP contribution in [-0.4, -0.2) is 34.1 Å². The molecule has 0 bridgehead atoms. The van der Waals surface area contributed by atoms with E-state index in [-0.39, 0.29) is 0 Å². The predicted octanol–water partition coefficient (Wildman–Crippen LogP) is 2.80. The fourth-order valence-corrected chi connectivity index (χ4v) is 3.52. The van der Waals surface area contributed by atoms with Crippen LogP contribution in [0, 0.1) is 0 Å². The molecule has 2 aromatic rings. The molecule has 0 N–H and O–H groups in total. The Morgan fingerprint density at radius 1 is 1.11 bits per heavy atom. The van der Waals surface area contributed by atoms with Crippen LogP contribution in [-0.2, 0) is 0 Å². The summed E-state index contributed by atoms with van der Waals surface area (Å²) in [4.78, 5) is 6.95. The van der Waals surface area contributed by atoms with E-state index in [1.807, 2.05) is 12.5 Å². The fourth-order valence-electron chi connectivity index (χ4n) is 3.52. The summed E-state index contributed by atoms with van der Waals surface area (Å²) in [5.41, 5.74) is 4.13. The largest absolute Gasteiger partial charge is 0.302 e. The van der Waals surface area contributed by atoms with Gasteiger partial charge in [0.15, 0.2) is 0 Å². The van der Waals surface area contributed by atoms with Crippen molar-refractivity contribution in [1.82, 2.24) is 14.5 Å². The smallest absolute Gasteiger partial charge is 0.0994 e. The topological polar surface area (TPSA) is 21.1 Å². The Kier molecular flexibility index (Phi) is 2.66. The summed E-state index contributed by atoms with van der Waals surface area (Å²) in [5, 5.41) is 0. The molecule has 0 saturated carbocycles. The van der Waals surface area contributed by atoms with Crippen LogP contribution in [0.25, 0.3) is 5.69 Å². The number of fused-ring (bicyclic) bond motifs is 3. The Balaban J connectivity index is 1.68. The zero-order chi connectivity index (χ0) is 12.7. The number of rotatable bonds is 2. The molecule has 2 aliphatic heterocycles. The Hall–Kier alpha value is -1.61. The summed E-state index contributed by atoms with van der Waals surface area (Å²) in [6.07, 6.45) is 8.09. The number of hydrogen-bond donors (Lipinski definition) is 0. The molecule has 0 spiro atoms. The highest BCUT2D eigenvalue weighted by Crippen LogP contribution is 2.38. The molecular weight excluding hydrogens is 234 g/mol. The van der Waals surface area contributed by atoms with E-state index >= 15 is 0 Å². The molecule has 1 unspecified atom stereocenters. The van der Waals surface area contributed by atoms with Crippen LogP contribution < -0.4 is 0 Å². The minimum absolute atomic E-state index is 0.497. The van der Waals surface area contributed by atoms with E-state index in [0.29, 0.717) is 5.92 Å². The van der Waals surface area contributed by atoms with Gasteiger partial charge in [-0.2, -0.15) is 0 Å². The van der Waals surface area contributed by atoms with Crippen molar-refractivity contribution in [2.24, 2.45) is 0 Å². The van der Waals surface area contributed by atoms with Crippen LogP contribution in [0.15, 0.2) is 36.8 Å². The van der Waals surface area contributed by atoms with Gasteiger partial charge in [0.2, 0.25) is 0 Å². The third-order valence-electron chi connectivity index (χ3n) is 4.49. The van der Waals surface area contributed by atoms with Crippen molar-refractivity contribution in [1.29, 1.82) is 0 Å². The highest BCUT2D eigenvalue weighted by atomic mass is 15.1. The average Bonchev–Trinajstić information content (AvgIpc) is 3.04. The van der Waals surface area contributed by atoms with E-state index in [4.69, 9.17) is 0 Å². The van der Waals surface area contributed by atoms with Gasteiger partial charge in [-0.1, -0.05) is 24.6 Å². The number of hydrogen-bond acceptors (Lipinski definition) is 2. The van der Waals surface area contributed by atoms with Gasteiger partial charge in [0, 0.05) is 18.7 Å². The summed E-state index contributed by atoms with van der Waals surface area (Å²) in [7, 11) is 0. The molecule has 0 aliphatic carbocycles. The molecule has 1 saturated heterocycles. The average molecular weight is 253 g/mol. The van der Waals surface area contributed by atoms with E-state index in [0.717, 1.165) is 6.54 Å². The number of benzene rings is 1. The highest BCUT2D eigenvalue weighted by Gasteiger charge is 2.30. The van der Waals surface area contributed by atoms with E-state index in [9.17, 15) is 0 Å². The van der Waals surface area contributed by atoms with E-state index in [1.165, 1.54) is 49.3 Å². The highest BCUT2D eigenvalue weighted by molar-refractivity contribution is 5.53. The normalized spacial score (nSPS) is 22.2. The number of piperidine rings is 1. The maximum atomic E-state index is 4.33. The fraction of sp³-hybridized carbons (Fsp3) is 0.438. The third-order valence-corrected chi connectivity index (χ3v) is 4.49. The number of aromatic nitrogens is 2. The SMILES string of the molecule is c1ccc2c(c1)C(CN1CCCCC1)c1cncn1-2. The lowest BCUT2D eigenvalue weighted by Crippen LogP contribution is -2.33. The molecule has 0 radical (unpaired) electrons. The van der Waals surface area contributed by atoms with Gasteiger partial charge in [0.1, 0.15) is 0 Å². The Labute approximate surface area is 113 Å². The van der Waals surface area contributed by atoms with Gasteiger partial charge in [-0.25, -0.2) is 4.98 Å². The van der Waals surface area contributed by atoms with Crippen LogP contribution >= 0.6 is 0 Å². The van der Waals surface area contributed by atoms with E-state index in [2.05, 4.69) is 38.7 Å². The van der Waals surface area contributed by atoms with E-state index < -0.39 is 0 Å². The zero-order valence-corrected chi connectivity index (χ0v) is 11.1. The maximum Gasteiger partial charge on any atom is 0.0994 e. The lowest BCUT2D eigenvalue weighted by molar-refractivity contribution is 0.223. The van der Waals surface area contributed by atoms with Crippen molar-refractivity contribution in [2.45, 2.75) is 25.2 Å². The molecule has 4 rings (SSSR count). The molecule has 2 aliphatic rings. The van der Waals surface area contributed by atoms with Gasteiger partial charge in [0.05, 0.1) is 17.7 Å². The molecule has 1 aromatic carbocycles. The van der Waals surface area contributed by atoms with Crippen LogP contribution in [0.4, 0.5) is 0 Å². The van der Waals surface area contributed by atoms with Gasteiger partial charge in [-0.3, -0.25) is 0 Å². The first kappa shape index (κ1) is 11.2. The summed E-state index contributed by atoms with van der Waals surface area (Å²) in [6, 6.07) is 8.75. The van der Waals surface area contributed by atoms with Gasteiger partial charge in [0.25, 0.3) is 0 Å². The van der Waals surface area contributed by atoms with Crippen molar-refractivity contribution < 1.29 is 0 Å².